The highest BCUT2D eigenvalue weighted by Crippen LogP contribution is 2.72. The van der Waals surface area contributed by atoms with Crippen LogP contribution in [0.5, 0.6) is 0 Å². The molecule has 0 bridgehead atoms. The third-order valence-corrected chi connectivity index (χ3v) is 15.7. The lowest BCUT2D eigenvalue weighted by atomic mass is 9.99. The maximum Gasteiger partial charge on any atom is 0.0191 e. The summed E-state index contributed by atoms with van der Waals surface area (Å²) in [5.74, 6) is 0.674. The highest BCUT2D eigenvalue weighted by atomic mass is 32.4. The van der Waals surface area contributed by atoms with Gasteiger partial charge >= 0.3 is 0 Å². The Morgan fingerprint density at radius 2 is 1.52 bits per heavy atom. The molecule has 0 aromatic heterocycles. The van der Waals surface area contributed by atoms with Gasteiger partial charge in [-0.1, -0.05) is 94.2 Å². The first-order valence-corrected chi connectivity index (χ1v) is 13.5. The van der Waals surface area contributed by atoms with Crippen LogP contribution in [0.3, 0.4) is 0 Å². The van der Waals surface area contributed by atoms with Crippen LogP contribution in [-0.2, 0) is 11.8 Å². The quantitative estimate of drug-likeness (QED) is 0.605. The van der Waals surface area contributed by atoms with Crippen LogP contribution in [0.1, 0.15) is 31.7 Å². The third-order valence-electron chi connectivity index (χ3n) is 5.17. The van der Waals surface area contributed by atoms with E-state index in [2.05, 4.69) is 74.5 Å². The molecule has 3 rings (SSSR count). The SMILES string of the molecule is CCP(CC)[C@@H]1[C@H](c2ccccc2)CC[P@@]1(=S)c1ccccc1. The van der Waals surface area contributed by atoms with E-state index in [0.29, 0.717) is 5.92 Å². The van der Waals surface area contributed by atoms with E-state index >= 15 is 0 Å². The Morgan fingerprint density at radius 3 is 2.09 bits per heavy atom. The van der Waals surface area contributed by atoms with E-state index in [9.17, 15) is 0 Å². The minimum absolute atomic E-state index is 0.0134. The Morgan fingerprint density at radius 1 is 0.957 bits per heavy atom. The van der Waals surface area contributed by atoms with E-state index in [-0.39, 0.29) is 7.92 Å². The van der Waals surface area contributed by atoms with Crippen LogP contribution >= 0.6 is 14.0 Å². The standard InChI is InChI=1S/C20H26P2S/c1-3-21(4-2)20-19(17-11-7-5-8-12-17)15-16-22(20,23)18-13-9-6-10-14-18/h5-14,19-20H,3-4,15-16H2,1-2H3/t19-,20-,22+/m0/s1. The molecule has 2 aromatic carbocycles. The van der Waals surface area contributed by atoms with Crippen molar-refractivity contribution in [3.8, 4) is 0 Å². The van der Waals surface area contributed by atoms with Gasteiger partial charge in [0.15, 0.2) is 0 Å². The van der Waals surface area contributed by atoms with Gasteiger partial charge in [0.25, 0.3) is 0 Å². The van der Waals surface area contributed by atoms with Crippen LogP contribution in [0.2, 0.25) is 0 Å². The first-order chi connectivity index (χ1) is 11.2. The van der Waals surface area contributed by atoms with E-state index < -0.39 is 6.04 Å². The van der Waals surface area contributed by atoms with Gasteiger partial charge in [0.05, 0.1) is 0 Å². The molecule has 0 spiro atoms. The smallest absolute Gasteiger partial charge is 0.0191 e. The first kappa shape index (κ1) is 17.3. The Kier molecular flexibility index (Phi) is 5.74. The van der Waals surface area contributed by atoms with Gasteiger partial charge < -0.3 is 0 Å². The number of hydrogen-bond donors (Lipinski definition) is 0. The second-order valence-corrected chi connectivity index (χ2v) is 14.8. The molecule has 0 saturated carbocycles. The summed E-state index contributed by atoms with van der Waals surface area (Å²) >= 11 is 6.47. The van der Waals surface area contributed by atoms with Crippen molar-refractivity contribution < 1.29 is 0 Å². The summed E-state index contributed by atoms with van der Waals surface area (Å²) in [5, 5.41) is 2.21. The van der Waals surface area contributed by atoms with E-state index in [0.717, 1.165) is 5.40 Å². The molecule has 0 radical (unpaired) electrons. The van der Waals surface area contributed by atoms with Crippen molar-refractivity contribution in [2.24, 2.45) is 0 Å². The molecule has 122 valence electrons. The fourth-order valence-electron chi connectivity index (χ4n) is 4.02. The van der Waals surface area contributed by atoms with Crippen molar-refractivity contribution >= 4 is 31.1 Å². The fourth-order valence-corrected chi connectivity index (χ4v) is 15.3. The Balaban J connectivity index is 2.06. The molecule has 1 aliphatic rings. The summed E-state index contributed by atoms with van der Waals surface area (Å²) in [7, 11) is 0.0134. The van der Waals surface area contributed by atoms with Crippen molar-refractivity contribution in [2.75, 3.05) is 18.5 Å². The Hall–Kier alpha value is -0.480. The van der Waals surface area contributed by atoms with Gasteiger partial charge in [0.1, 0.15) is 0 Å². The van der Waals surface area contributed by atoms with Gasteiger partial charge in [-0.25, -0.2) is 0 Å². The molecule has 0 amide bonds. The maximum atomic E-state index is 6.47. The average molecular weight is 360 g/mol. The summed E-state index contributed by atoms with van der Waals surface area (Å²) < 4.78 is 0. The molecule has 0 unspecified atom stereocenters. The molecule has 0 nitrogen and oxygen atoms in total. The normalized spacial score (nSPS) is 27.4. The van der Waals surface area contributed by atoms with E-state index in [1.807, 2.05) is 0 Å². The number of benzene rings is 2. The van der Waals surface area contributed by atoms with Gasteiger partial charge in [-0.2, -0.15) is 0 Å². The van der Waals surface area contributed by atoms with Gasteiger partial charge in [-0.3, -0.25) is 0 Å². The van der Waals surface area contributed by atoms with Gasteiger partial charge in [-0.15, -0.1) is 0 Å². The molecule has 3 heteroatoms. The monoisotopic (exact) mass is 360 g/mol. The third kappa shape index (κ3) is 3.34. The second-order valence-electron chi connectivity index (χ2n) is 6.30. The largest absolute Gasteiger partial charge is 0.0980 e. The lowest BCUT2D eigenvalue weighted by Crippen LogP contribution is -2.18. The van der Waals surface area contributed by atoms with Gasteiger partial charge in [0, 0.05) is 5.40 Å². The topological polar surface area (TPSA) is 0 Å². The summed E-state index contributed by atoms with van der Waals surface area (Å²) in [6.45, 7) is 4.75. The zero-order valence-corrected chi connectivity index (χ0v) is 16.7. The van der Waals surface area contributed by atoms with Crippen LogP contribution in [0.4, 0.5) is 0 Å². The molecule has 1 fully saturated rings. The molecular formula is C20H26P2S. The molecule has 0 N–H and O–H groups in total. The zero-order valence-electron chi connectivity index (χ0n) is 14.1. The van der Waals surface area contributed by atoms with Gasteiger partial charge in [0.2, 0.25) is 0 Å². The van der Waals surface area contributed by atoms with E-state index in [1.165, 1.54) is 35.8 Å². The molecule has 1 heterocycles. The summed E-state index contributed by atoms with van der Waals surface area (Å²) in [5.41, 5.74) is 1.52. The highest BCUT2D eigenvalue weighted by Gasteiger charge is 2.45. The maximum absolute atomic E-state index is 6.47. The van der Waals surface area contributed by atoms with Crippen LogP contribution in [0.25, 0.3) is 0 Å². The fraction of sp³-hybridized carbons (Fsp3) is 0.400. The molecule has 1 saturated heterocycles. The molecular weight excluding hydrogens is 334 g/mol. The average Bonchev–Trinajstić information content (AvgIpc) is 2.97. The van der Waals surface area contributed by atoms with Crippen molar-refractivity contribution in [3.05, 3.63) is 66.2 Å². The van der Waals surface area contributed by atoms with Gasteiger partial charge in [-0.05, 0) is 47.7 Å². The number of rotatable bonds is 5. The molecule has 2 aromatic rings. The van der Waals surface area contributed by atoms with Crippen molar-refractivity contribution in [2.45, 2.75) is 31.6 Å². The first-order valence-electron chi connectivity index (χ1n) is 8.64. The number of hydrogen-bond acceptors (Lipinski definition) is 1. The van der Waals surface area contributed by atoms with Crippen molar-refractivity contribution in [3.63, 3.8) is 0 Å². The summed E-state index contributed by atoms with van der Waals surface area (Å²) in [6.07, 6.45) is 5.14. The molecule has 23 heavy (non-hydrogen) atoms. The minimum atomic E-state index is -1.48. The van der Waals surface area contributed by atoms with E-state index in [1.54, 1.807) is 0 Å². The highest BCUT2D eigenvalue weighted by molar-refractivity contribution is 8.21. The van der Waals surface area contributed by atoms with Crippen LogP contribution in [0, 0.1) is 0 Å². The van der Waals surface area contributed by atoms with Crippen LogP contribution in [0.15, 0.2) is 60.7 Å². The molecule has 0 aliphatic carbocycles. The minimum Gasteiger partial charge on any atom is -0.0980 e. The lowest BCUT2D eigenvalue weighted by molar-refractivity contribution is 0.753. The molecule has 1 aliphatic heterocycles. The Bertz CT molecular complexity index is 665. The summed E-state index contributed by atoms with van der Waals surface area (Å²) in [6, 6.07) is 20.8. The lowest BCUT2D eigenvalue weighted by Gasteiger charge is -2.35. The predicted molar refractivity (Wildman–Crippen MR) is 111 cm³/mol. The molecule has 3 atom stereocenters. The van der Waals surface area contributed by atoms with Crippen molar-refractivity contribution in [1.82, 2.24) is 0 Å². The van der Waals surface area contributed by atoms with Crippen LogP contribution in [-0.4, -0.2) is 23.9 Å². The van der Waals surface area contributed by atoms with Crippen LogP contribution < -0.4 is 5.30 Å². The predicted octanol–water partition coefficient (Wildman–Crippen LogP) is 5.83. The van der Waals surface area contributed by atoms with Crippen molar-refractivity contribution in [1.29, 1.82) is 0 Å². The second kappa shape index (κ2) is 7.60. The summed E-state index contributed by atoms with van der Waals surface area (Å²) in [4.78, 5) is 0. The zero-order chi connectivity index (χ0) is 16.3. The Labute approximate surface area is 147 Å². The van der Waals surface area contributed by atoms with E-state index in [4.69, 9.17) is 11.8 Å².